The number of rotatable bonds is 6. The van der Waals surface area contributed by atoms with Gasteiger partial charge in [0.2, 0.25) is 11.8 Å². The number of nitrogens with two attached hydrogens (primary N) is 1. The molecule has 0 fully saturated rings. The van der Waals surface area contributed by atoms with E-state index in [9.17, 15) is 9.59 Å². The summed E-state index contributed by atoms with van der Waals surface area (Å²) in [6.07, 6.45) is 0.341. The van der Waals surface area contributed by atoms with Crippen molar-refractivity contribution in [3.05, 3.63) is 29.8 Å². The van der Waals surface area contributed by atoms with Crippen molar-refractivity contribution in [1.29, 1.82) is 0 Å². The second kappa shape index (κ2) is 7.65. The molecule has 5 heteroatoms. The van der Waals surface area contributed by atoms with Crippen molar-refractivity contribution in [3.63, 3.8) is 0 Å². The molecule has 0 spiro atoms. The Labute approximate surface area is 119 Å². The van der Waals surface area contributed by atoms with E-state index < -0.39 is 6.04 Å². The summed E-state index contributed by atoms with van der Waals surface area (Å²) in [5.74, 6) is -0.116. The molecule has 2 amide bonds. The van der Waals surface area contributed by atoms with E-state index in [1.807, 2.05) is 32.9 Å². The maximum Gasteiger partial charge on any atom is 0.241 e. The molecule has 0 bridgehead atoms. The molecule has 1 rings (SSSR count). The molecule has 0 aliphatic rings. The Morgan fingerprint density at radius 2 is 1.80 bits per heavy atom. The van der Waals surface area contributed by atoms with E-state index in [-0.39, 0.29) is 17.7 Å². The van der Waals surface area contributed by atoms with Crippen LogP contribution in [0.5, 0.6) is 0 Å². The standard InChI is InChI=1S/C15H23N3O2/c1-4-17-13(19)9-11-5-7-12(8-6-11)18-15(20)14(16)10(2)3/h5-8,10,14H,4,9,16H2,1-3H3,(H,17,19)(H,18,20)/t14-/m1/s1. The van der Waals surface area contributed by atoms with E-state index in [2.05, 4.69) is 10.6 Å². The van der Waals surface area contributed by atoms with Crippen molar-refractivity contribution < 1.29 is 9.59 Å². The molecular formula is C15H23N3O2. The van der Waals surface area contributed by atoms with Crippen LogP contribution in [0.3, 0.4) is 0 Å². The topological polar surface area (TPSA) is 84.2 Å². The van der Waals surface area contributed by atoms with Crippen LogP contribution in [0.2, 0.25) is 0 Å². The predicted molar refractivity (Wildman–Crippen MR) is 80.3 cm³/mol. The summed E-state index contributed by atoms with van der Waals surface area (Å²) in [6, 6.07) is 6.68. The van der Waals surface area contributed by atoms with Gasteiger partial charge in [0.25, 0.3) is 0 Å². The van der Waals surface area contributed by atoms with Gasteiger partial charge < -0.3 is 16.4 Å². The quantitative estimate of drug-likeness (QED) is 0.732. The van der Waals surface area contributed by atoms with Gasteiger partial charge in [0, 0.05) is 12.2 Å². The summed E-state index contributed by atoms with van der Waals surface area (Å²) >= 11 is 0. The van der Waals surface area contributed by atoms with Crippen LogP contribution in [0.25, 0.3) is 0 Å². The van der Waals surface area contributed by atoms with Gasteiger partial charge in [-0.15, -0.1) is 0 Å². The molecule has 1 aromatic carbocycles. The molecule has 0 aromatic heterocycles. The third-order valence-electron chi connectivity index (χ3n) is 2.98. The van der Waals surface area contributed by atoms with Crippen LogP contribution in [0.4, 0.5) is 5.69 Å². The number of carbonyl (C=O) groups is 2. The molecule has 0 radical (unpaired) electrons. The summed E-state index contributed by atoms with van der Waals surface area (Å²) < 4.78 is 0. The van der Waals surface area contributed by atoms with Crippen LogP contribution in [0.1, 0.15) is 26.3 Å². The van der Waals surface area contributed by atoms with Crippen molar-refractivity contribution in [2.75, 3.05) is 11.9 Å². The summed E-state index contributed by atoms with van der Waals surface area (Å²) in [5, 5.41) is 5.51. The predicted octanol–water partition coefficient (Wildman–Crippen LogP) is 1.29. The number of nitrogens with one attached hydrogen (secondary N) is 2. The lowest BCUT2D eigenvalue weighted by Crippen LogP contribution is -2.39. The van der Waals surface area contributed by atoms with E-state index in [0.29, 0.717) is 18.7 Å². The zero-order valence-electron chi connectivity index (χ0n) is 12.3. The largest absolute Gasteiger partial charge is 0.356 e. The minimum Gasteiger partial charge on any atom is -0.356 e. The SMILES string of the molecule is CCNC(=O)Cc1ccc(NC(=O)[C@H](N)C(C)C)cc1. The normalized spacial score (nSPS) is 12.1. The lowest BCUT2D eigenvalue weighted by molar-refractivity contribution is -0.120. The highest BCUT2D eigenvalue weighted by Gasteiger charge is 2.17. The number of hydrogen-bond acceptors (Lipinski definition) is 3. The van der Waals surface area contributed by atoms with Crippen LogP contribution in [-0.4, -0.2) is 24.4 Å². The lowest BCUT2D eigenvalue weighted by Gasteiger charge is -2.15. The molecule has 0 aliphatic heterocycles. The fraction of sp³-hybridized carbons (Fsp3) is 0.467. The van der Waals surface area contributed by atoms with Crippen LogP contribution in [0, 0.1) is 5.92 Å². The zero-order chi connectivity index (χ0) is 15.1. The molecule has 0 saturated heterocycles. The summed E-state index contributed by atoms with van der Waals surface area (Å²) in [7, 11) is 0. The van der Waals surface area contributed by atoms with E-state index in [1.54, 1.807) is 12.1 Å². The van der Waals surface area contributed by atoms with Crippen molar-refractivity contribution in [2.24, 2.45) is 11.7 Å². The number of likely N-dealkylation sites (N-methyl/N-ethyl adjacent to an activating group) is 1. The number of hydrogen-bond donors (Lipinski definition) is 3. The highest BCUT2D eigenvalue weighted by Crippen LogP contribution is 2.11. The number of anilines is 1. The first-order chi connectivity index (χ1) is 9.43. The van der Waals surface area contributed by atoms with Gasteiger partial charge in [-0.25, -0.2) is 0 Å². The molecule has 0 unspecified atom stereocenters. The molecular weight excluding hydrogens is 254 g/mol. The van der Waals surface area contributed by atoms with Gasteiger partial charge in [0.1, 0.15) is 0 Å². The molecule has 1 aromatic rings. The van der Waals surface area contributed by atoms with Crippen LogP contribution in [0.15, 0.2) is 24.3 Å². The Bertz CT molecular complexity index is 455. The average Bonchev–Trinajstić information content (AvgIpc) is 2.40. The maximum absolute atomic E-state index is 11.8. The van der Waals surface area contributed by atoms with Crippen molar-refractivity contribution in [1.82, 2.24) is 5.32 Å². The van der Waals surface area contributed by atoms with Gasteiger partial charge in [-0.05, 0) is 30.5 Å². The molecule has 20 heavy (non-hydrogen) atoms. The Balaban J connectivity index is 2.58. The minimum absolute atomic E-state index is 0.00823. The molecule has 0 heterocycles. The first-order valence-corrected chi connectivity index (χ1v) is 6.86. The third-order valence-corrected chi connectivity index (χ3v) is 2.98. The molecule has 5 nitrogen and oxygen atoms in total. The highest BCUT2D eigenvalue weighted by atomic mass is 16.2. The van der Waals surface area contributed by atoms with Crippen LogP contribution < -0.4 is 16.4 Å². The van der Waals surface area contributed by atoms with Gasteiger partial charge in [0.05, 0.1) is 12.5 Å². The Morgan fingerprint density at radius 1 is 1.20 bits per heavy atom. The van der Waals surface area contributed by atoms with Crippen molar-refractivity contribution >= 4 is 17.5 Å². The number of amides is 2. The molecule has 4 N–H and O–H groups in total. The Kier molecular flexibility index (Phi) is 6.18. The van der Waals surface area contributed by atoms with Crippen molar-refractivity contribution in [2.45, 2.75) is 33.2 Å². The van der Waals surface area contributed by atoms with Gasteiger partial charge in [-0.2, -0.15) is 0 Å². The van der Waals surface area contributed by atoms with Gasteiger partial charge in [-0.1, -0.05) is 26.0 Å². The van der Waals surface area contributed by atoms with E-state index in [0.717, 1.165) is 5.56 Å². The smallest absolute Gasteiger partial charge is 0.241 e. The number of carbonyl (C=O) groups excluding carboxylic acids is 2. The molecule has 1 atom stereocenters. The average molecular weight is 277 g/mol. The van der Waals surface area contributed by atoms with Crippen LogP contribution >= 0.6 is 0 Å². The second-order valence-corrected chi connectivity index (χ2v) is 5.09. The van der Waals surface area contributed by atoms with Crippen molar-refractivity contribution in [3.8, 4) is 0 Å². The summed E-state index contributed by atoms with van der Waals surface area (Å²) in [4.78, 5) is 23.2. The van der Waals surface area contributed by atoms with Gasteiger partial charge >= 0.3 is 0 Å². The fourth-order valence-corrected chi connectivity index (χ4v) is 1.68. The first-order valence-electron chi connectivity index (χ1n) is 6.86. The summed E-state index contributed by atoms with van der Waals surface area (Å²) in [6.45, 7) is 6.31. The summed E-state index contributed by atoms with van der Waals surface area (Å²) in [5.41, 5.74) is 7.36. The third kappa shape index (κ3) is 5.01. The van der Waals surface area contributed by atoms with Crippen LogP contribution in [-0.2, 0) is 16.0 Å². The lowest BCUT2D eigenvalue weighted by atomic mass is 10.0. The van der Waals surface area contributed by atoms with Gasteiger partial charge in [-0.3, -0.25) is 9.59 Å². The van der Waals surface area contributed by atoms with E-state index in [1.165, 1.54) is 0 Å². The second-order valence-electron chi connectivity index (χ2n) is 5.09. The zero-order valence-corrected chi connectivity index (χ0v) is 12.3. The molecule has 110 valence electrons. The van der Waals surface area contributed by atoms with E-state index in [4.69, 9.17) is 5.73 Å². The fourth-order valence-electron chi connectivity index (χ4n) is 1.68. The maximum atomic E-state index is 11.8. The Hall–Kier alpha value is -1.88. The highest BCUT2D eigenvalue weighted by molar-refractivity contribution is 5.94. The first kappa shape index (κ1) is 16.2. The molecule has 0 saturated carbocycles. The van der Waals surface area contributed by atoms with E-state index >= 15 is 0 Å². The van der Waals surface area contributed by atoms with Gasteiger partial charge in [0.15, 0.2) is 0 Å². The Morgan fingerprint density at radius 3 is 2.30 bits per heavy atom. The molecule has 0 aliphatic carbocycles. The minimum atomic E-state index is -0.523. The monoisotopic (exact) mass is 277 g/mol. The number of benzene rings is 1.